The van der Waals surface area contributed by atoms with E-state index < -0.39 is 0 Å². The van der Waals surface area contributed by atoms with Crippen molar-refractivity contribution >= 4 is 17.3 Å². The lowest BCUT2D eigenvalue weighted by Crippen LogP contribution is -2.44. The van der Waals surface area contributed by atoms with Gasteiger partial charge < -0.3 is 15.1 Å². The second-order valence-electron chi connectivity index (χ2n) is 8.26. The van der Waals surface area contributed by atoms with Crippen LogP contribution in [-0.2, 0) is 0 Å². The van der Waals surface area contributed by atoms with Crippen molar-refractivity contribution in [3.8, 4) is 22.5 Å². The average molecular weight is 426 g/mol. The predicted octanol–water partition coefficient (Wildman–Crippen LogP) is 4.34. The standard InChI is InChI=1S/C25H27N7/c1-18-4-3-5-19(16-18)24-22(17-27-30-24)23-10-11-26-25(29-23)28-20-6-8-21(9-7-20)32-14-12-31(2)13-15-32/h3-11,16-17H,12-15H2,1-2H3,(H,27,30)(H,26,28,29). The minimum absolute atomic E-state index is 0.561. The van der Waals surface area contributed by atoms with Crippen LogP contribution < -0.4 is 10.2 Å². The summed E-state index contributed by atoms with van der Waals surface area (Å²) in [5.74, 6) is 0.561. The van der Waals surface area contributed by atoms with Crippen LogP contribution in [0, 0.1) is 6.92 Å². The van der Waals surface area contributed by atoms with Gasteiger partial charge in [0, 0.05) is 54.9 Å². The molecule has 0 saturated carbocycles. The maximum absolute atomic E-state index is 4.74. The Morgan fingerprint density at radius 1 is 0.969 bits per heavy atom. The number of nitrogens with zero attached hydrogens (tertiary/aromatic N) is 5. The zero-order chi connectivity index (χ0) is 21.9. The highest BCUT2D eigenvalue weighted by Crippen LogP contribution is 2.30. The highest BCUT2D eigenvalue weighted by atomic mass is 15.2. The van der Waals surface area contributed by atoms with Gasteiger partial charge in [0.2, 0.25) is 5.95 Å². The molecule has 0 unspecified atom stereocenters. The van der Waals surface area contributed by atoms with Gasteiger partial charge in [-0.2, -0.15) is 5.10 Å². The lowest BCUT2D eigenvalue weighted by atomic mass is 10.0. The Balaban J connectivity index is 1.34. The van der Waals surface area contributed by atoms with Crippen molar-refractivity contribution < 1.29 is 0 Å². The van der Waals surface area contributed by atoms with Gasteiger partial charge in [0.15, 0.2) is 0 Å². The molecule has 2 N–H and O–H groups in total. The van der Waals surface area contributed by atoms with Gasteiger partial charge >= 0.3 is 0 Å². The van der Waals surface area contributed by atoms with E-state index in [4.69, 9.17) is 4.98 Å². The summed E-state index contributed by atoms with van der Waals surface area (Å²) in [6.07, 6.45) is 3.59. The first-order valence-corrected chi connectivity index (χ1v) is 10.9. The van der Waals surface area contributed by atoms with Crippen molar-refractivity contribution in [2.75, 3.05) is 43.4 Å². The Morgan fingerprint density at radius 3 is 2.56 bits per heavy atom. The fourth-order valence-corrected chi connectivity index (χ4v) is 4.02. The topological polar surface area (TPSA) is 73.0 Å². The molecule has 0 aliphatic carbocycles. The number of aromatic amines is 1. The Kier molecular flexibility index (Phi) is 5.56. The van der Waals surface area contributed by atoms with Gasteiger partial charge in [0.1, 0.15) is 0 Å². The van der Waals surface area contributed by atoms with E-state index in [1.807, 2.05) is 18.3 Å². The summed E-state index contributed by atoms with van der Waals surface area (Å²) in [5.41, 5.74) is 7.23. The minimum Gasteiger partial charge on any atom is -0.369 e. The van der Waals surface area contributed by atoms with Gasteiger partial charge in [-0.15, -0.1) is 0 Å². The van der Waals surface area contributed by atoms with Gasteiger partial charge in [-0.25, -0.2) is 9.97 Å². The summed E-state index contributed by atoms with van der Waals surface area (Å²) >= 11 is 0. The number of hydrogen-bond donors (Lipinski definition) is 2. The van der Waals surface area contributed by atoms with Crippen LogP contribution in [0.4, 0.5) is 17.3 Å². The van der Waals surface area contributed by atoms with Crippen molar-refractivity contribution in [3.05, 3.63) is 72.6 Å². The number of aromatic nitrogens is 4. The summed E-state index contributed by atoms with van der Waals surface area (Å²) in [5, 5.41) is 10.7. The first-order chi connectivity index (χ1) is 15.7. The fourth-order valence-electron chi connectivity index (χ4n) is 4.02. The Bertz CT molecular complexity index is 1190. The summed E-state index contributed by atoms with van der Waals surface area (Å²) in [6.45, 7) is 6.39. The van der Waals surface area contributed by atoms with Crippen LogP contribution in [0.1, 0.15) is 5.56 Å². The van der Waals surface area contributed by atoms with Gasteiger partial charge in [0.25, 0.3) is 0 Å². The molecule has 162 valence electrons. The summed E-state index contributed by atoms with van der Waals surface area (Å²) in [6, 6.07) is 18.7. The number of rotatable bonds is 5. The Hall–Kier alpha value is -3.71. The Labute approximate surface area is 188 Å². The molecule has 1 aliphatic heterocycles. The molecule has 0 spiro atoms. The highest BCUT2D eigenvalue weighted by Gasteiger charge is 2.15. The second kappa shape index (κ2) is 8.80. The molecule has 0 radical (unpaired) electrons. The SMILES string of the molecule is Cc1cccc(-c2[nH]ncc2-c2ccnc(Nc3ccc(N4CCN(C)CC4)cc3)n2)c1. The normalized spacial score (nSPS) is 14.5. The van der Waals surface area contributed by atoms with Crippen LogP contribution in [0.2, 0.25) is 0 Å². The number of nitrogens with one attached hydrogen (secondary N) is 2. The molecule has 7 heteroatoms. The van der Waals surface area contributed by atoms with E-state index in [1.165, 1.54) is 11.3 Å². The number of H-pyrrole nitrogens is 1. The van der Waals surface area contributed by atoms with Crippen LogP contribution >= 0.6 is 0 Å². The van der Waals surface area contributed by atoms with E-state index in [-0.39, 0.29) is 0 Å². The van der Waals surface area contributed by atoms with Crippen molar-refractivity contribution in [2.24, 2.45) is 0 Å². The van der Waals surface area contributed by atoms with Crippen molar-refractivity contribution in [1.82, 2.24) is 25.1 Å². The third-order valence-corrected chi connectivity index (χ3v) is 5.87. The van der Waals surface area contributed by atoms with Crippen LogP contribution in [0.25, 0.3) is 22.5 Å². The largest absolute Gasteiger partial charge is 0.369 e. The quantitative estimate of drug-likeness (QED) is 0.496. The lowest BCUT2D eigenvalue weighted by Gasteiger charge is -2.34. The molecule has 1 fully saturated rings. The van der Waals surface area contributed by atoms with Crippen LogP contribution in [0.3, 0.4) is 0 Å². The molecule has 32 heavy (non-hydrogen) atoms. The molecule has 0 atom stereocenters. The van der Waals surface area contributed by atoms with Crippen molar-refractivity contribution in [2.45, 2.75) is 6.92 Å². The monoisotopic (exact) mass is 425 g/mol. The molecule has 1 saturated heterocycles. The summed E-state index contributed by atoms with van der Waals surface area (Å²) < 4.78 is 0. The van der Waals surface area contributed by atoms with E-state index in [2.05, 4.69) is 86.7 Å². The van der Waals surface area contributed by atoms with E-state index in [9.17, 15) is 0 Å². The van der Waals surface area contributed by atoms with Gasteiger partial charge in [-0.05, 0) is 50.4 Å². The first-order valence-electron chi connectivity index (χ1n) is 10.9. The van der Waals surface area contributed by atoms with Crippen LogP contribution in [-0.4, -0.2) is 58.3 Å². The van der Waals surface area contributed by atoms with E-state index >= 15 is 0 Å². The molecule has 0 bridgehead atoms. The molecule has 0 amide bonds. The van der Waals surface area contributed by atoms with E-state index in [0.717, 1.165) is 54.4 Å². The zero-order valence-corrected chi connectivity index (χ0v) is 18.4. The number of benzene rings is 2. The molecular formula is C25H27N7. The maximum Gasteiger partial charge on any atom is 0.227 e. The zero-order valence-electron chi connectivity index (χ0n) is 18.4. The third-order valence-electron chi connectivity index (χ3n) is 5.87. The van der Waals surface area contributed by atoms with Crippen molar-refractivity contribution in [3.63, 3.8) is 0 Å². The maximum atomic E-state index is 4.74. The second-order valence-corrected chi connectivity index (χ2v) is 8.26. The third kappa shape index (κ3) is 4.33. The first kappa shape index (κ1) is 20.2. The molecule has 7 nitrogen and oxygen atoms in total. The Morgan fingerprint density at radius 2 is 1.78 bits per heavy atom. The number of likely N-dealkylation sites (N-methyl/N-ethyl adjacent to an activating group) is 1. The molecule has 4 aromatic rings. The lowest BCUT2D eigenvalue weighted by molar-refractivity contribution is 0.313. The number of aryl methyl sites for hydroxylation is 1. The van der Waals surface area contributed by atoms with Crippen molar-refractivity contribution in [1.29, 1.82) is 0 Å². The minimum atomic E-state index is 0.561. The fraction of sp³-hybridized carbons (Fsp3) is 0.240. The summed E-state index contributed by atoms with van der Waals surface area (Å²) in [7, 11) is 2.17. The highest BCUT2D eigenvalue weighted by molar-refractivity contribution is 5.79. The molecule has 2 aromatic heterocycles. The van der Waals surface area contributed by atoms with Crippen LogP contribution in [0.15, 0.2) is 67.0 Å². The molecular weight excluding hydrogens is 398 g/mol. The number of piperazine rings is 1. The van der Waals surface area contributed by atoms with Gasteiger partial charge in [-0.1, -0.05) is 23.8 Å². The molecule has 5 rings (SSSR count). The summed E-state index contributed by atoms with van der Waals surface area (Å²) in [4.78, 5) is 13.9. The van der Waals surface area contributed by atoms with Crippen LogP contribution in [0.5, 0.6) is 0 Å². The van der Waals surface area contributed by atoms with Gasteiger partial charge in [-0.3, -0.25) is 5.10 Å². The van der Waals surface area contributed by atoms with E-state index in [0.29, 0.717) is 5.95 Å². The number of hydrogen-bond acceptors (Lipinski definition) is 6. The number of anilines is 3. The molecule has 1 aliphatic rings. The van der Waals surface area contributed by atoms with Gasteiger partial charge in [0.05, 0.1) is 17.6 Å². The predicted molar refractivity (Wildman–Crippen MR) is 129 cm³/mol. The average Bonchev–Trinajstić information content (AvgIpc) is 3.31. The molecule has 2 aromatic carbocycles. The van der Waals surface area contributed by atoms with E-state index in [1.54, 1.807) is 6.20 Å². The smallest absolute Gasteiger partial charge is 0.227 e. The molecule has 3 heterocycles.